The maximum Gasteiger partial charge on any atom is 0.407 e. The number of alkyl carbamates (subject to hydrolysis) is 1. The van der Waals surface area contributed by atoms with Crippen LogP contribution < -0.4 is 5.32 Å². The number of hydrogen-bond donors (Lipinski definition) is 1. The van der Waals surface area contributed by atoms with Gasteiger partial charge in [0.2, 0.25) is 0 Å². The van der Waals surface area contributed by atoms with Crippen LogP contribution in [-0.4, -0.2) is 33.2 Å². The second-order valence-corrected chi connectivity index (χ2v) is 4.54. The van der Waals surface area contributed by atoms with E-state index in [0.717, 1.165) is 0 Å². The molecule has 0 aliphatic carbocycles. The van der Waals surface area contributed by atoms with Crippen molar-refractivity contribution >= 4 is 12.2 Å². The summed E-state index contributed by atoms with van der Waals surface area (Å²) in [4.78, 5) is 11.3. The lowest BCUT2D eigenvalue weighted by atomic mass is 10.2. The summed E-state index contributed by atoms with van der Waals surface area (Å²) < 4.78 is 6.72. The third kappa shape index (κ3) is 5.14. The van der Waals surface area contributed by atoms with Gasteiger partial charge in [-0.3, -0.25) is 4.68 Å². The van der Waals surface area contributed by atoms with E-state index in [0.29, 0.717) is 18.8 Å². The van der Waals surface area contributed by atoms with Gasteiger partial charge in [-0.2, -0.15) is 0 Å². The van der Waals surface area contributed by atoms with Gasteiger partial charge in [0, 0.05) is 6.54 Å². The van der Waals surface area contributed by atoms with Crippen LogP contribution in [0.25, 0.3) is 6.08 Å². The van der Waals surface area contributed by atoms with Crippen LogP contribution >= 0.6 is 0 Å². The fourth-order valence-corrected chi connectivity index (χ4v) is 1.10. The van der Waals surface area contributed by atoms with Crippen LogP contribution in [0.5, 0.6) is 0 Å². The molecule has 0 spiro atoms. The monoisotopic (exact) mass is 238 g/mol. The standard InChI is InChI=1S/C11H18N4O2/c1-5-9-8-15(14-13-9)7-6-12-10(16)17-11(2,3)4/h5,8H,1,6-7H2,2-4H3,(H,12,16). The fraction of sp³-hybridized carbons (Fsp3) is 0.545. The highest BCUT2D eigenvalue weighted by atomic mass is 16.6. The largest absolute Gasteiger partial charge is 0.444 e. The van der Waals surface area contributed by atoms with E-state index in [1.807, 2.05) is 20.8 Å². The molecule has 0 aliphatic heterocycles. The minimum atomic E-state index is -0.479. The second-order valence-electron chi connectivity index (χ2n) is 4.54. The molecular formula is C11H18N4O2. The quantitative estimate of drug-likeness (QED) is 0.861. The fourth-order valence-electron chi connectivity index (χ4n) is 1.10. The SMILES string of the molecule is C=Cc1cn(CCNC(=O)OC(C)(C)C)nn1. The molecule has 0 fully saturated rings. The number of aromatic nitrogens is 3. The smallest absolute Gasteiger partial charge is 0.407 e. The summed E-state index contributed by atoms with van der Waals surface area (Å²) in [6.07, 6.45) is 2.94. The normalized spacial score (nSPS) is 11.0. The molecule has 6 heteroatoms. The Morgan fingerprint density at radius 2 is 2.35 bits per heavy atom. The molecule has 1 aromatic rings. The van der Waals surface area contributed by atoms with Gasteiger partial charge in [0.1, 0.15) is 11.3 Å². The Balaban J connectivity index is 2.28. The highest BCUT2D eigenvalue weighted by Crippen LogP contribution is 2.06. The Bertz CT molecular complexity index is 392. The molecule has 0 radical (unpaired) electrons. The maximum absolute atomic E-state index is 11.3. The average molecular weight is 238 g/mol. The van der Waals surface area contributed by atoms with Gasteiger partial charge in [0.25, 0.3) is 0 Å². The van der Waals surface area contributed by atoms with Crippen molar-refractivity contribution in [1.82, 2.24) is 20.3 Å². The second kappa shape index (κ2) is 5.47. The van der Waals surface area contributed by atoms with Crippen LogP contribution in [0.15, 0.2) is 12.8 Å². The number of carbonyl (C=O) groups excluding carboxylic acids is 1. The van der Waals surface area contributed by atoms with Crippen LogP contribution in [0.3, 0.4) is 0 Å². The van der Waals surface area contributed by atoms with Gasteiger partial charge in [-0.25, -0.2) is 4.79 Å². The van der Waals surface area contributed by atoms with Gasteiger partial charge in [0.15, 0.2) is 0 Å². The van der Waals surface area contributed by atoms with Crippen molar-refractivity contribution < 1.29 is 9.53 Å². The highest BCUT2D eigenvalue weighted by molar-refractivity contribution is 5.67. The number of hydrogen-bond acceptors (Lipinski definition) is 4. The molecule has 0 saturated heterocycles. The summed E-state index contributed by atoms with van der Waals surface area (Å²) >= 11 is 0. The number of ether oxygens (including phenoxy) is 1. The first-order valence-electron chi connectivity index (χ1n) is 5.40. The van der Waals surface area contributed by atoms with E-state index in [9.17, 15) is 4.79 Å². The molecular weight excluding hydrogens is 220 g/mol. The van der Waals surface area contributed by atoms with Gasteiger partial charge in [0.05, 0.1) is 12.7 Å². The molecule has 1 heterocycles. The lowest BCUT2D eigenvalue weighted by molar-refractivity contribution is 0.0525. The van der Waals surface area contributed by atoms with Gasteiger partial charge < -0.3 is 10.1 Å². The molecule has 0 saturated carbocycles. The van der Waals surface area contributed by atoms with E-state index in [1.54, 1.807) is 17.0 Å². The van der Waals surface area contributed by atoms with Crippen LogP contribution in [0.2, 0.25) is 0 Å². The first-order chi connectivity index (χ1) is 7.90. The zero-order chi connectivity index (χ0) is 12.9. The predicted octanol–water partition coefficient (Wildman–Crippen LogP) is 1.45. The van der Waals surface area contributed by atoms with Crippen LogP contribution in [0.4, 0.5) is 4.79 Å². The molecule has 6 nitrogen and oxygen atoms in total. The number of nitrogens with one attached hydrogen (secondary N) is 1. The van der Waals surface area contributed by atoms with Gasteiger partial charge in [-0.15, -0.1) is 5.10 Å². The summed E-state index contributed by atoms with van der Waals surface area (Å²) in [7, 11) is 0. The zero-order valence-corrected chi connectivity index (χ0v) is 10.4. The summed E-state index contributed by atoms with van der Waals surface area (Å²) in [6, 6.07) is 0. The van der Waals surface area contributed by atoms with Crippen LogP contribution in [0.1, 0.15) is 26.5 Å². The first kappa shape index (κ1) is 13.2. The molecule has 1 N–H and O–H groups in total. The summed E-state index contributed by atoms with van der Waals surface area (Å²) in [6.45, 7) is 10.0. The van der Waals surface area contributed by atoms with Crippen LogP contribution in [-0.2, 0) is 11.3 Å². The van der Waals surface area contributed by atoms with Gasteiger partial charge >= 0.3 is 6.09 Å². The predicted molar refractivity (Wildman–Crippen MR) is 64.3 cm³/mol. The van der Waals surface area contributed by atoms with Gasteiger partial charge in [-0.1, -0.05) is 11.8 Å². The minimum absolute atomic E-state index is 0.429. The Morgan fingerprint density at radius 1 is 1.65 bits per heavy atom. The Morgan fingerprint density at radius 3 is 2.88 bits per heavy atom. The van der Waals surface area contributed by atoms with E-state index in [-0.39, 0.29) is 0 Å². The lowest BCUT2D eigenvalue weighted by Crippen LogP contribution is -2.34. The average Bonchev–Trinajstić information content (AvgIpc) is 2.63. The Hall–Kier alpha value is -1.85. The lowest BCUT2D eigenvalue weighted by Gasteiger charge is -2.19. The molecule has 0 bridgehead atoms. The number of rotatable bonds is 4. The highest BCUT2D eigenvalue weighted by Gasteiger charge is 2.15. The van der Waals surface area contributed by atoms with Crippen molar-refractivity contribution in [3.63, 3.8) is 0 Å². The maximum atomic E-state index is 11.3. The summed E-state index contributed by atoms with van der Waals surface area (Å²) in [5.41, 5.74) is 0.232. The van der Waals surface area contributed by atoms with Crippen molar-refractivity contribution in [3.8, 4) is 0 Å². The van der Waals surface area contributed by atoms with Crippen molar-refractivity contribution in [2.24, 2.45) is 0 Å². The van der Waals surface area contributed by atoms with E-state index < -0.39 is 11.7 Å². The summed E-state index contributed by atoms with van der Waals surface area (Å²) in [5.74, 6) is 0. The molecule has 1 rings (SSSR count). The van der Waals surface area contributed by atoms with Crippen LogP contribution in [0, 0.1) is 0 Å². The van der Waals surface area contributed by atoms with E-state index >= 15 is 0 Å². The Kier molecular flexibility index (Phi) is 4.25. The van der Waals surface area contributed by atoms with Crippen molar-refractivity contribution in [2.75, 3.05) is 6.54 Å². The van der Waals surface area contributed by atoms with Crippen molar-refractivity contribution in [2.45, 2.75) is 32.9 Å². The van der Waals surface area contributed by atoms with Gasteiger partial charge in [-0.05, 0) is 26.8 Å². The minimum Gasteiger partial charge on any atom is -0.444 e. The third-order valence-electron chi connectivity index (χ3n) is 1.77. The molecule has 1 amide bonds. The number of nitrogens with zero attached hydrogens (tertiary/aromatic N) is 3. The van der Waals surface area contributed by atoms with E-state index in [1.165, 1.54) is 0 Å². The molecule has 0 unspecified atom stereocenters. The molecule has 94 valence electrons. The molecule has 0 aromatic carbocycles. The molecule has 1 aromatic heterocycles. The number of amides is 1. The molecule has 17 heavy (non-hydrogen) atoms. The van der Waals surface area contributed by atoms with E-state index in [2.05, 4.69) is 22.2 Å². The van der Waals surface area contributed by atoms with E-state index in [4.69, 9.17) is 4.74 Å². The molecule has 0 atom stereocenters. The first-order valence-corrected chi connectivity index (χ1v) is 5.40. The number of carbonyl (C=O) groups is 1. The zero-order valence-electron chi connectivity index (χ0n) is 10.4. The Labute approximate surface area is 101 Å². The van der Waals surface area contributed by atoms with Crippen molar-refractivity contribution in [3.05, 3.63) is 18.5 Å². The summed E-state index contributed by atoms with van der Waals surface area (Å²) in [5, 5.41) is 10.3. The topological polar surface area (TPSA) is 69.0 Å². The molecule has 0 aliphatic rings. The third-order valence-corrected chi connectivity index (χ3v) is 1.77. The van der Waals surface area contributed by atoms with Crippen molar-refractivity contribution in [1.29, 1.82) is 0 Å².